The summed E-state index contributed by atoms with van der Waals surface area (Å²) in [5, 5.41) is 4.36. The van der Waals surface area contributed by atoms with Crippen LogP contribution < -0.4 is 4.18 Å². The number of thiophene rings is 1. The van der Waals surface area contributed by atoms with E-state index in [0.717, 1.165) is 27.5 Å². The molecule has 1 aliphatic carbocycles. The largest absolute Gasteiger partial charge is 0.378 e. The molecule has 0 spiro atoms. The second-order valence-corrected chi connectivity index (χ2v) is 9.82. The number of hydrogen-bond donors (Lipinski definition) is 0. The molecule has 3 aromatic rings. The van der Waals surface area contributed by atoms with Gasteiger partial charge < -0.3 is 4.18 Å². The Balaban J connectivity index is 1.85. The molecule has 4 rings (SSSR count). The number of carbonyl (C=O) groups is 1. The molecule has 1 atom stereocenters. The summed E-state index contributed by atoms with van der Waals surface area (Å²) < 4.78 is 30.5. The van der Waals surface area contributed by atoms with Crippen LogP contribution in [0.4, 0.5) is 0 Å². The maximum Gasteiger partial charge on any atom is 0.348 e. The zero-order valence-electron chi connectivity index (χ0n) is 13.8. The van der Waals surface area contributed by atoms with Crippen molar-refractivity contribution in [2.75, 3.05) is 0 Å². The van der Waals surface area contributed by atoms with E-state index in [1.165, 1.54) is 17.4 Å². The average molecular weight is 406 g/mol. The highest BCUT2D eigenvalue weighted by molar-refractivity contribution is 7.89. The van der Waals surface area contributed by atoms with Crippen molar-refractivity contribution in [3.8, 4) is 16.3 Å². The number of fused-ring (bicyclic) bond motifs is 1. The van der Waals surface area contributed by atoms with Crippen LogP contribution in [0.5, 0.6) is 5.75 Å². The third-order valence-corrected chi connectivity index (χ3v) is 7.64. The fourth-order valence-electron chi connectivity index (χ4n) is 3.17. The minimum Gasteiger partial charge on any atom is -0.378 e. The number of thiazole rings is 1. The second-order valence-electron chi connectivity index (χ2n) is 6.21. The van der Waals surface area contributed by atoms with E-state index >= 15 is 0 Å². The number of hydrogen-bond acceptors (Lipinski definition) is 7. The molecule has 0 fully saturated rings. The fourth-order valence-corrected chi connectivity index (χ4v) is 5.76. The number of aromatic nitrogens is 1. The van der Waals surface area contributed by atoms with Crippen LogP contribution in [0.3, 0.4) is 0 Å². The summed E-state index contributed by atoms with van der Waals surface area (Å²) in [5.41, 5.74) is 2.06. The predicted octanol–water partition coefficient (Wildman–Crippen LogP) is 4.40. The number of Topliss-reactive ketones (excluding diaryl/α,β-unsaturated/α-hetero) is 1. The van der Waals surface area contributed by atoms with Crippen molar-refractivity contribution in [1.29, 1.82) is 0 Å². The maximum absolute atomic E-state index is 12.7. The van der Waals surface area contributed by atoms with Crippen molar-refractivity contribution >= 4 is 38.6 Å². The van der Waals surface area contributed by atoms with Gasteiger partial charge in [-0.1, -0.05) is 13.0 Å². The van der Waals surface area contributed by atoms with E-state index in [9.17, 15) is 13.2 Å². The van der Waals surface area contributed by atoms with Crippen LogP contribution in [0, 0.1) is 5.92 Å². The van der Waals surface area contributed by atoms with Crippen LogP contribution >= 0.6 is 22.7 Å². The summed E-state index contributed by atoms with van der Waals surface area (Å²) in [6.45, 7) is 2.02. The first-order chi connectivity index (χ1) is 12.5. The Hall–Kier alpha value is -2.03. The van der Waals surface area contributed by atoms with Gasteiger partial charge in [0.2, 0.25) is 0 Å². The number of benzene rings is 1. The Bertz CT molecular complexity index is 1050. The van der Waals surface area contributed by atoms with E-state index in [4.69, 9.17) is 4.18 Å². The van der Waals surface area contributed by atoms with E-state index in [1.54, 1.807) is 29.8 Å². The van der Waals surface area contributed by atoms with E-state index in [-0.39, 0.29) is 21.7 Å². The SMILES string of the molecule is CC1CC(=O)c2c(OS(=O)(=O)c3cccs3)ccc(-c3nccs3)c2C1. The molecule has 0 radical (unpaired) electrons. The third kappa shape index (κ3) is 3.08. The van der Waals surface area contributed by atoms with Gasteiger partial charge in [-0.25, -0.2) is 4.98 Å². The lowest BCUT2D eigenvalue weighted by Gasteiger charge is -2.24. The summed E-state index contributed by atoms with van der Waals surface area (Å²) in [5.74, 6) is 0.206. The van der Waals surface area contributed by atoms with Gasteiger partial charge in [-0.3, -0.25) is 4.79 Å². The van der Waals surface area contributed by atoms with Gasteiger partial charge in [0.05, 0.1) is 5.56 Å². The van der Waals surface area contributed by atoms with Gasteiger partial charge in [-0.05, 0) is 41.5 Å². The van der Waals surface area contributed by atoms with Gasteiger partial charge in [0, 0.05) is 23.6 Å². The second kappa shape index (κ2) is 6.61. The Morgan fingerprint density at radius 1 is 1.15 bits per heavy atom. The fraction of sp³-hybridized carbons (Fsp3) is 0.222. The van der Waals surface area contributed by atoms with Gasteiger partial charge in [0.15, 0.2) is 15.7 Å². The van der Waals surface area contributed by atoms with Crippen molar-refractivity contribution in [1.82, 2.24) is 4.98 Å². The van der Waals surface area contributed by atoms with E-state index < -0.39 is 10.1 Å². The van der Waals surface area contributed by atoms with Crippen molar-refractivity contribution in [2.24, 2.45) is 5.92 Å². The molecule has 0 amide bonds. The van der Waals surface area contributed by atoms with Crippen molar-refractivity contribution in [3.63, 3.8) is 0 Å². The van der Waals surface area contributed by atoms with Gasteiger partial charge in [-0.15, -0.1) is 22.7 Å². The molecule has 1 aliphatic rings. The van der Waals surface area contributed by atoms with Crippen molar-refractivity contribution in [2.45, 2.75) is 24.0 Å². The summed E-state index contributed by atoms with van der Waals surface area (Å²) in [6, 6.07) is 6.49. The van der Waals surface area contributed by atoms with Crippen LogP contribution in [-0.4, -0.2) is 19.2 Å². The van der Waals surface area contributed by atoms with Gasteiger partial charge in [0.25, 0.3) is 0 Å². The molecule has 8 heteroatoms. The Labute approximate surface area is 159 Å². The molecule has 0 N–H and O–H groups in total. The van der Waals surface area contributed by atoms with Crippen LogP contribution in [-0.2, 0) is 16.5 Å². The third-order valence-electron chi connectivity index (χ3n) is 4.24. The average Bonchev–Trinajstić information content (AvgIpc) is 3.28. The molecule has 1 aromatic carbocycles. The molecule has 0 saturated carbocycles. The highest BCUT2D eigenvalue weighted by Crippen LogP contribution is 2.40. The first kappa shape index (κ1) is 17.4. The van der Waals surface area contributed by atoms with Crippen LogP contribution in [0.15, 0.2) is 45.4 Å². The molecule has 134 valence electrons. The molecule has 2 aromatic heterocycles. The Kier molecular flexibility index (Phi) is 4.42. The van der Waals surface area contributed by atoms with Crippen LogP contribution in [0.25, 0.3) is 10.6 Å². The number of ketones is 1. The Morgan fingerprint density at radius 3 is 2.69 bits per heavy atom. The minimum absolute atomic E-state index is 0.0893. The zero-order valence-corrected chi connectivity index (χ0v) is 16.3. The van der Waals surface area contributed by atoms with Crippen LogP contribution in [0.2, 0.25) is 0 Å². The topological polar surface area (TPSA) is 73.3 Å². The summed E-state index contributed by atoms with van der Waals surface area (Å²) in [6.07, 6.45) is 2.78. The summed E-state index contributed by atoms with van der Waals surface area (Å²) in [7, 11) is -3.95. The molecule has 2 heterocycles. The summed E-state index contributed by atoms with van der Waals surface area (Å²) >= 11 is 2.57. The first-order valence-electron chi connectivity index (χ1n) is 8.02. The predicted molar refractivity (Wildman–Crippen MR) is 101 cm³/mol. The van der Waals surface area contributed by atoms with E-state index in [1.807, 2.05) is 12.3 Å². The normalized spacial score (nSPS) is 17.1. The molecule has 0 aliphatic heterocycles. The summed E-state index contributed by atoms with van der Waals surface area (Å²) in [4.78, 5) is 17.1. The minimum atomic E-state index is -3.95. The van der Waals surface area contributed by atoms with Gasteiger partial charge in [-0.2, -0.15) is 8.42 Å². The lowest BCUT2D eigenvalue weighted by Crippen LogP contribution is -2.21. The lowest BCUT2D eigenvalue weighted by atomic mass is 9.81. The molecule has 0 saturated heterocycles. The van der Waals surface area contributed by atoms with Crippen LogP contribution in [0.1, 0.15) is 29.3 Å². The van der Waals surface area contributed by atoms with Gasteiger partial charge >= 0.3 is 10.1 Å². The molecule has 5 nitrogen and oxygen atoms in total. The molecular formula is C18H15NO4S3. The first-order valence-corrected chi connectivity index (χ1v) is 11.2. The molecular weight excluding hydrogens is 390 g/mol. The highest BCUT2D eigenvalue weighted by Gasteiger charge is 2.31. The number of carbonyl (C=O) groups excluding carboxylic acids is 1. The van der Waals surface area contributed by atoms with Crippen molar-refractivity contribution < 1.29 is 17.4 Å². The van der Waals surface area contributed by atoms with Gasteiger partial charge in [0.1, 0.15) is 5.01 Å². The maximum atomic E-state index is 12.7. The number of rotatable bonds is 4. The smallest absolute Gasteiger partial charge is 0.348 e. The quantitative estimate of drug-likeness (QED) is 0.601. The standard InChI is InChI=1S/C18H15NO4S3/c1-11-9-13-12(18-19-6-8-25-18)4-5-15(17(13)14(20)10-11)23-26(21,22)16-3-2-7-24-16/h2-8,11H,9-10H2,1H3. The lowest BCUT2D eigenvalue weighted by molar-refractivity contribution is 0.0952. The Morgan fingerprint density at radius 2 is 2.00 bits per heavy atom. The monoisotopic (exact) mass is 405 g/mol. The van der Waals surface area contributed by atoms with Crippen molar-refractivity contribution in [3.05, 3.63) is 52.3 Å². The van der Waals surface area contributed by atoms with E-state index in [0.29, 0.717) is 18.4 Å². The highest BCUT2D eigenvalue weighted by atomic mass is 32.3. The zero-order chi connectivity index (χ0) is 18.3. The molecule has 0 bridgehead atoms. The van der Waals surface area contributed by atoms with E-state index in [2.05, 4.69) is 4.98 Å². The number of nitrogens with zero attached hydrogens (tertiary/aromatic N) is 1. The molecule has 26 heavy (non-hydrogen) atoms. The molecule has 1 unspecified atom stereocenters.